The van der Waals surface area contributed by atoms with Gasteiger partial charge in [-0.3, -0.25) is 13.9 Å². The van der Waals surface area contributed by atoms with Crippen molar-refractivity contribution in [2.45, 2.75) is 58.1 Å². The number of rotatable bonds is 10. The molecular weight excluding hydrogens is 522 g/mol. The van der Waals surface area contributed by atoms with Crippen molar-refractivity contribution in [3.63, 3.8) is 0 Å². The first-order valence-electron chi connectivity index (χ1n) is 12.4. The molecule has 38 heavy (non-hydrogen) atoms. The number of amides is 2. The Labute approximate surface area is 230 Å². The Morgan fingerprint density at radius 1 is 0.921 bits per heavy atom. The molecule has 1 atom stereocenters. The minimum atomic E-state index is -4.10. The second kappa shape index (κ2) is 12.5. The summed E-state index contributed by atoms with van der Waals surface area (Å²) in [5.74, 6) is -0.851. The van der Waals surface area contributed by atoms with Crippen LogP contribution in [0.25, 0.3) is 0 Å². The first-order chi connectivity index (χ1) is 17.9. The first-order valence-corrected chi connectivity index (χ1v) is 14.2. The normalized spacial score (nSPS) is 12.2. The fourth-order valence-electron chi connectivity index (χ4n) is 4.04. The summed E-state index contributed by atoms with van der Waals surface area (Å²) in [4.78, 5) is 28.4. The molecule has 0 spiro atoms. The van der Waals surface area contributed by atoms with Crippen LogP contribution in [0, 0.1) is 13.8 Å². The zero-order valence-corrected chi connectivity index (χ0v) is 23.9. The van der Waals surface area contributed by atoms with E-state index in [1.807, 2.05) is 39.0 Å². The van der Waals surface area contributed by atoms with Gasteiger partial charge < -0.3 is 10.2 Å². The molecule has 3 aromatic carbocycles. The van der Waals surface area contributed by atoms with Gasteiger partial charge in [0, 0.05) is 17.6 Å². The summed E-state index contributed by atoms with van der Waals surface area (Å²) in [7, 11) is -4.10. The van der Waals surface area contributed by atoms with Crippen LogP contribution in [0.15, 0.2) is 77.7 Å². The summed E-state index contributed by atoms with van der Waals surface area (Å²) in [5.41, 5.74) is 2.69. The van der Waals surface area contributed by atoms with Crippen LogP contribution in [-0.2, 0) is 26.2 Å². The Morgan fingerprint density at radius 3 is 2.24 bits per heavy atom. The third kappa shape index (κ3) is 7.14. The molecule has 1 N–H and O–H groups in total. The number of hydrogen-bond acceptors (Lipinski definition) is 4. The van der Waals surface area contributed by atoms with Crippen molar-refractivity contribution in [1.29, 1.82) is 0 Å². The van der Waals surface area contributed by atoms with Crippen LogP contribution < -0.4 is 9.62 Å². The number of carbonyl (C=O) groups is 2. The molecule has 7 nitrogen and oxygen atoms in total. The molecule has 0 aliphatic rings. The largest absolute Gasteiger partial charge is 0.352 e. The molecule has 0 radical (unpaired) electrons. The molecule has 0 aliphatic carbocycles. The third-order valence-corrected chi connectivity index (χ3v) is 8.09. The summed E-state index contributed by atoms with van der Waals surface area (Å²) in [6.07, 6.45) is 0. The summed E-state index contributed by atoms with van der Waals surface area (Å²) in [6.45, 7) is 8.56. The van der Waals surface area contributed by atoms with Crippen molar-refractivity contribution in [2.24, 2.45) is 0 Å². The average molecular weight is 556 g/mol. The molecule has 0 unspecified atom stereocenters. The van der Waals surface area contributed by atoms with E-state index in [1.165, 1.54) is 17.0 Å². The van der Waals surface area contributed by atoms with E-state index in [9.17, 15) is 18.0 Å². The highest BCUT2D eigenvalue weighted by Crippen LogP contribution is 2.28. The Balaban J connectivity index is 2.07. The van der Waals surface area contributed by atoms with E-state index in [0.717, 1.165) is 15.4 Å². The number of nitrogens with zero attached hydrogens (tertiary/aromatic N) is 2. The lowest BCUT2D eigenvalue weighted by Gasteiger charge is -2.33. The quantitative estimate of drug-likeness (QED) is 0.377. The van der Waals surface area contributed by atoms with Gasteiger partial charge >= 0.3 is 0 Å². The van der Waals surface area contributed by atoms with E-state index in [4.69, 9.17) is 11.6 Å². The highest BCUT2D eigenvalue weighted by Gasteiger charge is 2.33. The third-order valence-electron chi connectivity index (χ3n) is 6.08. The van der Waals surface area contributed by atoms with Crippen molar-refractivity contribution in [3.05, 3.63) is 94.5 Å². The fraction of sp³-hybridized carbons (Fsp3) is 0.310. The van der Waals surface area contributed by atoms with Crippen LogP contribution in [0.5, 0.6) is 0 Å². The van der Waals surface area contributed by atoms with Gasteiger partial charge in [-0.25, -0.2) is 8.42 Å². The van der Waals surface area contributed by atoms with Gasteiger partial charge in [0.05, 0.1) is 10.6 Å². The first kappa shape index (κ1) is 29.2. The summed E-state index contributed by atoms with van der Waals surface area (Å²) in [6, 6.07) is 19.5. The molecule has 9 heteroatoms. The summed E-state index contributed by atoms with van der Waals surface area (Å²) < 4.78 is 28.9. The van der Waals surface area contributed by atoms with Gasteiger partial charge in [-0.2, -0.15) is 0 Å². The topological polar surface area (TPSA) is 86.8 Å². The lowest BCUT2D eigenvalue weighted by atomic mass is 10.1. The van der Waals surface area contributed by atoms with Crippen molar-refractivity contribution in [1.82, 2.24) is 10.2 Å². The van der Waals surface area contributed by atoms with Crippen LogP contribution in [0.1, 0.15) is 37.5 Å². The van der Waals surface area contributed by atoms with E-state index in [2.05, 4.69) is 5.32 Å². The summed E-state index contributed by atoms with van der Waals surface area (Å²) in [5, 5.41) is 3.34. The maximum Gasteiger partial charge on any atom is 0.264 e. The Kier molecular flexibility index (Phi) is 9.57. The fourth-order valence-corrected chi connectivity index (χ4v) is 5.75. The molecular formula is C29H34ClN3O4S. The average Bonchev–Trinajstić information content (AvgIpc) is 2.87. The van der Waals surface area contributed by atoms with E-state index >= 15 is 0 Å². The number of anilines is 1. The van der Waals surface area contributed by atoms with E-state index in [0.29, 0.717) is 16.3 Å². The SMILES string of the molecule is Cc1ccc(C)c(N(CC(=O)N(Cc2cccc(Cl)c2)[C@@H](C)C(=O)NC(C)C)S(=O)(=O)c2ccccc2)c1. The van der Waals surface area contributed by atoms with E-state index in [-0.39, 0.29) is 23.4 Å². The molecule has 0 aliphatic heterocycles. The maximum absolute atomic E-state index is 13.9. The Morgan fingerprint density at radius 2 is 1.61 bits per heavy atom. The van der Waals surface area contributed by atoms with Gasteiger partial charge in [-0.15, -0.1) is 0 Å². The second-order valence-electron chi connectivity index (χ2n) is 9.61. The lowest BCUT2D eigenvalue weighted by molar-refractivity contribution is -0.139. The monoisotopic (exact) mass is 555 g/mol. The predicted octanol–water partition coefficient (Wildman–Crippen LogP) is 5.09. The van der Waals surface area contributed by atoms with Crippen LogP contribution >= 0.6 is 11.6 Å². The number of halogens is 1. The molecule has 0 saturated carbocycles. The van der Waals surface area contributed by atoms with Gasteiger partial charge in [-0.1, -0.05) is 54.1 Å². The number of nitrogens with one attached hydrogen (secondary N) is 1. The lowest BCUT2D eigenvalue weighted by Crippen LogP contribution is -2.52. The van der Waals surface area contributed by atoms with Crippen LogP contribution in [0.4, 0.5) is 5.69 Å². The van der Waals surface area contributed by atoms with E-state index < -0.39 is 28.5 Å². The molecule has 3 rings (SSSR count). The van der Waals surface area contributed by atoms with Crippen molar-refractivity contribution in [2.75, 3.05) is 10.8 Å². The van der Waals surface area contributed by atoms with Gasteiger partial charge in [0.25, 0.3) is 10.0 Å². The second-order valence-corrected chi connectivity index (χ2v) is 11.9. The van der Waals surface area contributed by atoms with Crippen molar-refractivity contribution in [3.8, 4) is 0 Å². The number of sulfonamides is 1. The minimum absolute atomic E-state index is 0.0701. The Hall–Kier alpha value is -3.36. The zero-order valence-electron chi connectivity index (χ0n) is 22.3. The molecule has 0 bridgehead atoms. The van der Waals surface area contributed by atoms with Gasteiger partial charge in [0.1, 0.15) is 12.6 Å². The highest BCUT2D eigenvalue weighted by molar-refractivity contribution is 7.92. The van der Waals surface area contributed by atoms with Gasteiger partial charge in [-0.05, 0) is 81.6 Å². The molecule has 2 amide bonds. The number of benzene rings is 3. The number of aryl methyl sites for hydroxylation is 2. The minimum Gasteiger partial charge on any atom is -0.352 e. The van der Waals surface area contributed by atoms with Crippen LogP contribution in [0.2, 0.25) is 5.02 Å². The highest BCUT2D eigenvalue weighted by atomic mass is 35.5. The molecule has 0 heterocycles. The smallest absolute Gasteiger partial charge is 0.264 e. The molecule has 0 saturated heterocycles. The maximum atomic E-state index is 13.9. The molecule has 0 fully saturated rings. The standard InChI is InChI=1S/C29H34ClN3O4S/c1-20(2)31-29(35)23(5)32(18-24-10-9-11-25(30)17-24)28(34)19-33(27-16-21(3)14-15-22(27)4)38(36,37)26-12-7-6-8-13-26/h6-17,20,23H,18-19H2,1-5H3,(H,31,35)/t23-/m0/s1. The molecule has 202 valence electrons. The van der Waals surface area contributed by atoms with Crippen molar-refractivity contribution < 1.29 is 18.0 Å². The van der Waals surface area contributed by atoms with E-state index in [1.54, 1.807) is 56.3 Å². The number of hydrogen-bond donors (Lipinski definition) is 1. The van der Waals surface area contributed by atoms with Crippen LogP contribution in [-0.4, -0.2) is 43.8 Å². The molecule has 3 aromatic rings. The number of carbonyl (C=O) groups excluding carboxylic acids is 2. The Bertz CT molecular complexity index is 1390. The predicted molar refractivity (Wildman–Crippen MR) is 152 cm³/mol. The van der Waals surface area contributed by atoms with Gasteiger partial charge in [0.15, 0.2) is 0 Å². The summed E-state index contributed by atoms with van der Waals surface area (Å²) >= 11 is 6.17. The van der Waals surface area contributed by atoms with Crippen LogP contribution in [0.3, 0.4) is 0 Å². The molecule has 0 aromatic heterocycles. The van der Waals surface area contributed by atoms with Gasteiger partial charge in [0.2, 0.25) is 11.8 Å². The van der Waals surface area contributed by atoms with Crippen molar-refractivity contribution >= 4 is 39.1 Å². The zero-order chi connectivity index (χ0) is 28.0.